The number of aryl methyl sites for hydroxylation is 1. The lowest BCUT2D eigenvalue weighted by molar-refractivity contribution is 0.922. The standard InChI is InChI=1S/C21H23Si/c1-5-6-17-13-16-11-12-18-19(15-9-7-14(2)8-10-15)20(16)21(17)22(18,3)4/h7-13H,5-6H2,1-4H3. The molecule has 0 atom stereocenters. The molecule has 22 heavy (non-hydrogen) atoms. The van der Waals surface area contributed by atoms with Crippen molar-refractivity contribution in [1.82, 2.24) is 0 Å². The number of allylic oxidation sites excluding steroid dienone is 1. The molecule has 0 saturated heterocycles. The third kappa shape index (κ3) is 1.75. The zero-order valence-electron chi connectivity index (χ0n) is 14.0. The van der Waals surface area contributed by atoms with Crippen molar-refractivity contribution in [1.29, 1.82) is 0 Å². The molecule has 1 aliphatic carbocycles. The number of fused-ring (bicyclic) bond motifs is 1. The Morgan fingerprint density at radius 2 is 1.64 bits per heavy atom. The van der Waals surface area contributed by atoms with Crippen molar-refractivity contribution in [3.05, 3.63) is 65.1 Å². The molecular weight excluding hydrogens is 280 g/mol. The summed E-state index contributed by atoms with van der Waals surface area (Å²) in [4.78, 5) is 0. The van der Waals surface area contributed by atoms with Crippen LogP contribution in [0, 0.1) is 13.3 Å². The van der Waals surface area contributed by atoms with E-state index in [0.717, 1.165) is 0 Å². The van der Waals surface area contributed by atoms with E-state index < -0.39 is 8.07 Å². The summed E-state index contributed by atoms with van der Waals surface area (Å²) in [6, 6.07) is 13.9. The Balaban J connectivity index is 2.00. The van der Waals surface area contributed by atoms with Crippen LogP contribution >= 0.6 is 0 Å². The van der Waals surface area contributed by atoms with Crippen molar-refractivity contribution < 1.29 is 0 Å². The number of benzene rings is 2. The highest BCUT2D eigenvalue weighted by molar-refractivity contribution is 7.07. The van der Waals surface area contributed by atoms with Crippen LogP contribution in [0.1, 0.15) is 36.5 Å². The molecule has 2 bridgehead atoms. The molecule has 111 valence electrons. The Morgan fingerprint density at radius 3 is 2.32 bits per heavy atom. The van der Waals surface area contributed by atoms with Crippen LogP contribution in [0.15, 0.2) is 42.0 Å². The van der Waals surface area contributed by atoms with E-state index in [0.29, 0.717) is 0 Å². The minimum Gasteiger partial charge on any atom is -0.0651 e. The normalized spacial score (nSPS) is 17.5. The van der Waals surface area contributed by atoms with E-state index in [9.17, 15) is 0 Å². The van der Waals surface area contributed by atoms with Crippen LogP contribution in [0.2, 0.25) is 13.1 Å². The van der Waals surface area contributed by atoms with E-state index >= 15 is 0 Å². The molecule has 0 unspecified atom stereocenters. The maximum absolute atomic E-state index is 2.53. The number of hydrogen-bond acceptors (Lipinski definition) is 0. The van der Waals surface area contributed by atoms with Gasteiger partial charge in [-0.2, -0.15) is 0 Å². The molecule has 0 fully saturated rings. The van der Waals surface area contributed by atoms with Crippen LogP contribution in [-0.4, -0.2) is 8.07 Å². The molecule has 1 heterocycles. The van der Waals surface area contributed by atoms with Crippen molar-refractivity contribution in [3.8, 4) is 11.1 Å². The van der Waals surface area contributed by atoms with Gasteiger partial charge in [0.05, 0.1) is 0 Å². The van der Waals surface area contributed by atoms with Crippen molar-refractivity contribution in [2.45, 2.75) is 39.8 Å². The second-order valence-corrected chi connectivity index (χ2v) is 11.5. The molecule has 0 nitrogen and oxygen atoms in total. The highest BCUT2D eigenvalue weighted by Gasteiger charge is 2.45. The van der Waals surface area contributed by atoms with Gasteiger partial charge in [-0.3, -0.25) is 0 Å². The van der Waals surface area contributed by atoms with Gasteiger partial charge in [0.1, 0.15) is 8.07 Å². The molecule has 1 heteroatoms. The molecular formula is C21H23Si. The first kappa shape index (κ1) is 14.0. The molecule has 2 aliphatic rings. The maximum atomic E-state index is 2.53. The minimum absolute atomic E-state index is 1.22. The van der Waals surface area contributed by atoms with Gasteiger partial charge in [0, 0.05) is 6.42 Å². The van der Waals surface area contributed by atoms with Gasteiger partial charge < -0.3 is 0 Å². The van der Waals surface area contributed by atoms with E-state index in [2.05, 4.69) is 69.8 Å². The fourth-order valence-electron chi connectivity index (χ4n) is 4.28. The van der Waals surface area contributed by atoms with E-state index in [4.69, 9.17) is 0 Å². The summed E-state index contributed by atoms with van der Waals surface area (Å²) >= 11 is 0. The Labute approximate surface area is 134 Å². The first-order valence-corrected chi connectivity index (χ1v) is 11.4. The quantitative estimate of drug-likeness (QED) is 0.679. The first-order chi connectivity index (χ1) is 10.5. The van der Waals surface area contributed by atoms with Gasteiger partial charge in [0.2, 0.25) is 0 Å². The second-order valence-electron chi connectivity index (χ2n) is 7.24. The Hall–Kier alpha value is -1.60. The van der Waals surface area contributed by atoms with Gasteiger partial charge >= 0.3 is 0 Å². The van der Waals surface area contributed by atoms with Crippen molar-refractivity contribution in [2.24, 2.45) is 0 Å². The molecule has 0 aromatic heterocycles. The van der Waals surface area contributed by atoms with E-state index in [-0.39, 0.29) is 0 Å². The van der Waals surface area contributed by atoms with Gasteiger partial charge in [-0.05, 0) is 46.0 Å². The zero-order chi connectivity index (χ0) is 15.5. The fourth-order valence-corrected chi connectivity index (χ4v) is 7.84. The number of hydrogen-bond donors (Lipinski definition) is 0. The lowest BCUT2D eigenvalue weighted by atomic mass is 9.96. The Bertz CT molecular complexity index is 791. The van der Waals surface area contributed by atoms with Crippen LogP contribution in [0.4, 0.5) is 0 Å². The van der Waals surface area contributed by atoms with Gasteiger partial charge in [0.15, 0.2) is 0 Å². The summed E-state index contributed by atoms with van der Waals surface area (Å²) in [5, 5.41) is 3.35. The molecule has 2 aromatic rings. The van der Waals surface area contributed by atoms with Crippen molar-refractivity contribution >= 4 is 18.5 Å². The first-order valence-electron chi connectivity index (χ1n) is 8.37. The van der Waals surface area contributed by atoms with Gasteiger partial charge in [0.25, 0.3) is 0 Å². The van der Waals surface area contributed by atoms with Crippen LogP contribution in [0.3, 0.4) is 0 Å². The Morgan fingerprint density at radius 1 is 0.909 bits per heavy atom. The topological polar surface area (TPSA) is 0 Å². The summed E-state index contributed by atoms with van der Waals surface area (Å²) in [6.45, 7) is 9.51. The van der Waals surface area contributed by atoms with Crippen LogP contribution in [0.25, 0.3) is 16.3 Å². The van der Waals surface area contributed by atoms with Gasteiger partial charge in [-0.1, -0.05) is 74.0 Å². The molecule has 1 aliphatic heterocycles. The summed E-state index contributed by atoms with van der Waals surface area (Å²) in [6.07, 6.45) is 4.92. The van der Waals surface area contributed by atoms with E-state index in [1.54, 1.807) is 21.5 Å². The van der Waals surface area contributed by atoms with Crippen molar-refractivity contribution in [2.75, 3.05) is 0 Å². The third-order valence-electron chi connectivity index (χ3n) is 5.30. The van der Waals surface area contributed by atoms with Crippen LogP contribution < -0.4 is 5.19 Å². The van der Waals surface area contributed by atoms with Gasteiger partial charge in [-0.15, -0.1) is 0 Å². The highest BCUT2D eigenvalue weighted by atomic mass is 28.3. The highest BCUT2D eigenvalue weighted by Crippen LogP contribution is 2.50. The monoisotopic (exact) mass is 303 g/mol. The fraction of sp³-hybridized carbons (Fsp3) is 0.286. The second kappa shape index (κ2) is 4.69. The molecule has 0 amide bonds. The predicted octanol–water partition coefficient (Wildman–Crippen LogP) is 5.25. The lowest BCUT2D eigenvalue weighted by Gasteiger charge is -2.21. The van der Waals surface area contributed by atoms with Gasteiger partial charge in [-0.25, -0.2) is 0 Å². The lowest BCUT2D eigenvalue weighted by Crippen LogP contribution is -2.39. The summed E-state index contributed by atoms with van der Waals surface area (Å²) in [5.41, 5.74) is 8.92. The zero-order valence-corrected chi connectivity index (χ0v) is 15.0. The number of rotatable bonds is 3. The molecule has 0 spiro atoms. The maximum Gasteiger partial charge on any atom is 0.113 e. The summed E-state index contributed by atoms with van der Waals surface area (Å²) in [7, 11) is -1.53. The summed E-state index contributed by atoms with van der Waals surface area (Å²) in [5.74, 6) is 0. The Kier molecular flexibility index (Phi) is 2.99. The van der Waals surface area contributed by atoms with E-state index in [1.807, 2.05) is 0 Å². The van der Waals surface area contributed by atoms with Crippen LogP contribution in [-0.2, 0) is 0 Å². The van der Waals surface area contributed by atoms with E-state index in [1.165, 1.54) is 35.1 Å². The molecule has 1 radical (unpaired) electrons. The van der Waals surface area contributed by atoms with Crippen LogP contribution in [0.5, 0.6) is 0 Å². The SMILES string of the molecule is CCCC1=C2c3c(ccc(c3-c3ccc(C)cc3)[Si]2(C)C)[CH]1. The third-order valence-corrected chi connectivity index (χ3v) is 8.88. The molecule has 4 rings (SSSR count). The average molecular weight is 304 g/mol. The average Bonchev–Trinajstić information content (AvgIpc) is 2.92. The largest absolute Gasteiger partial charge is 0.113 e. The molecule has 0 saturated carbocycles. The molecule has 2 aromatic carbocycles. The smallest absolute Gasteiger partial charge is 0.0651 e. The summed E-state index contributed by atoms with van der Waals surface area (Å²) < 4.78 is 0. The predicted molar refractivity (Wildman–Crippen MR) is 99.0 cm³/mol. The minimum atomic E-state index is -1.53. The van der Waals surface area contributed by atoms with Crippen molar-refractivity contribution in [3.63, 3.8) is 0 Å². The molecule has 0 N–H and O–H groups in total.